The molecule has 0 aliphatic heterocycles. The quantitative estimate of drug-likeness (QED) is 0.887. The van der Waals surface area contributed by atoms with Crippen molar-refractivity contribution in [1.82, 2.24) is 5.32 Å². The Morgan fingerprint density at radius 1 is 1.10 bits per heavy atom. The summed E-state index contributed by atoms with van der Waals surface area (Å²) < 4.78 is 13.0. The monoisotopic (exact) mass is 271 g/mol. The summed E-state index contributed by atoms with van der Waals surface area (Å²) >= 11 is 0. The van der Waals surface area contributed by atoms with Crippen molar-refractivity contribution in [3.63, 3.8) is 0 Å². The molecule has 0 bridgehead atoms. The zero-order valence-corrected chi connectivity index (χ0v) is 11.5. The highest BCUT2D eigenvalue weighted by molar-refractivity contribution is 5.76. The summed E-state index contributed by atoms with van der Waals surface area (Å²) in [6.45, 7) is 2.56. The number of rotatable bonds is 5. The minimum atomic E-state index is -0.262. The van der Waals surface area contributed by atoms with Gasteiger partial charge in [0, 0.05) is 13.0 Å². The molecule has 0 saturated carbocycles. The largest absolute Gasteiger partial charge is 0.352 e. The highest BCUT2D eigenvalue weighted by atomic mass is 19.1. The van der Waals surface area contributed by atoms with Crippen LogP contribution in [-0.4, -0.2) is 5.91 Å². The van der Waals surface area contributed by atoms with Crippen LogP contribution in [0.25, 0.3) is 0 Å². The van der Waals surface area contributed by atoms with E-state index in [0.717, 1.165) is 11.1 Å². The van der Waals surface area contributed by atoms with Crippen LogP contribution in [0.2, 0.25) is 0 Å². The van der Waals surface area contributed by atoms with Crippen LogP contribution in [0.1, 0.15) is 23.1 Å². The topological polar surface area (TPSA) is 29.1 Å². The number of nitrogens with one attached hydrogen (secondary N) is 1. The maximum absolute atomic E-state index is 13.0. The molecule has 0 saturated heterocycles. The first-order valence-corrected chi connectivity index (χ1v) is 6.70. The third kappa shape index (κ3) is 4.50. The minimum absolute atomic E-state index is 0.0187. The van der Waals surface area contributed by atoms with Gasteiger partial charge in [0.1, 0.15) is 5.82 Å². The molecule has 0 radical (unpaired) electrons. The normalized spacial score (nSPS) is 10.3. The predicted molar refractivity (Wildman–Crippen MR) is 77.7 cm³/mol. The average molecular weight is 271 g/mol. The molecule has 104 valence electrons. The van der Waals surface area contributed by atoms with Crippen LogP contribution in [0.3, 0.4) is 0 Å². The van der Waals surface area contributed by atoms with Crippen LogP contribution in [0.15, 0.2) is 48.5 Å². The second-order valence-electron chi connectivity index (χ2n) is 4.89. The van der Waals surface area contributed by atoms with Gasteiger partial charge in [0.2, 0.25) is 5.91 Å². The zero-order valence-electron chi connectivity index (χ0n) is 11.5. The molecular weight excluding hydrogens is 253 g/mol. The lowest BCUT2D eigenvalue weighted by molar-refractivity contribution is -0.121. The fourth-order valence-electron chi connectivity index (χ4n) is 1.95. The molecule has 20 heavy (non-hydrogen) atoms. The number of aryl methyl sites for hydroxylation is 2. The average Bonchev–Trinajstić information content (AvgIpc) is 2.45. The van der Waals surface area contributed by atoms with E-state index in [1.807, 2.05) is 37.3 Å². The van der Waals surface area contributed by atoms with Gasteiger partial charge in [-0.15, -0.1) is 0 Å². The number of hydrogen-bond acceptors (Lipinski definition) is 1. The van der Waals surface area contributed by atoms with Gasteiger partial charge >= 0.3 is 0 Å². The maximum atomic E-state index is 13.0. The van der Waals surface area contributed by atoms with Gasteiger partial charge < -0.3 is 5.32 Å². The summed E-state index contributed by atoms with van der Waals surface area (Å²) in [6.07, 6.45) is 0.923. The zero-order chi connectivity index (χ0) is 14.4. The van der Waals surface area contributed by atoms with Crippen LogP contribution in [0.4, 0.5) is 4.39 Å². The molecule has 2 rings (SSSR count). The van der Waals surface area contributed by atoms with Crippen molar-refractivity contribution in [3.05, 3.63) is 71.0 Å². The molecule has 3 heteroatoms. The number of halogens is 1. The maximum Gasteiger partial charge on any atom is 0.220 e. The molecule has 0 unspecified atom stereocenters. The highest BCUT2D eigenvalue weighted by Crippen LogP contribution is 2.06. The van der Waals surface area contributed by atoms with Gasteiger partial charge in [0.25, 0.3) is 0 Å². The number of carbonyl (C=O) groups excluding carboxylic acids is 1. The van der Waals surface area contributed by atoms with Gasteiger partial charge in [-0.25, -0.2) is 4.39 Å². The van der Waals surface area contributed by atoms with E-state index in [9.17, 15) is 9.18 Å². The predicted octanol–water partition coefficient (Wildman–Crippen LogP) is 3.38. The van der Waals surface area contributed by atoms with Gasteiger partial charge in [-0.1, -0.05) is 42.0 Å². The molecule has 0 atom stereocenters. The second-order valence-corrected chi connectivity index (χ2v) is 4.89. The number of amides is 1. The molecule has 2 nitrogen and oxygen atoms in total. The molecule has 0 spiro atoms. The first-order chi connectivity index (χ1) is 9.63. The molecule has 0 heterocycles. The fourth-order valence-corrected chi connectivity index (χ4v) is 1.95. The third-order valence-corrected chi connectivity index (χ3v) is 3.14. The van der Waals surface area contributed by atoms with Crippen LogP contribution in [0.5, 0.6) is 0 Å². The van der Waals surface area contributed by atoms with E-state index < -0.39 is 0 Å². The molecule has 1 amide bonds. The van der Waals surface area contributed by atoms with Crippen molar-refractivity contribution >= 4 is 5.91 Å². The smallest absolute Gasteiger partial charge is 0.220 e. The Kier molecular flexibility index (Phi) is 4.88. The van der Waals surface area contributed by atoms with Crippen molar-refractivity contribution in [2.24, 2.45) is 0 Å². The van der Waals surface area contributed by atoms with E-state index in [1.165, 1.54) is 17.7 Å². The van der Waals surface area contributed by atoms with Crippen molar-refractivity contribution in [3.8, 4) is 0 Å². The molecule has 0 aliphatic rings. The van der Waals surface area contributed by atoms with Crippen molar-refractivity contribution in [1.29, 1.82) is 0 Å². The van der Waals surface area contributed by atoms with Crippen molar-refractivity contribution < 1.29 is 9.18 Å². The summed E-state index contributed by atoms with van der Waals surface area (Å²) in [4.78, 5) is 11.7. The van der Waals surface area contributed by atoms with E-state index in [0.29, 0.717) is 19.4 Å². The fraction of sp³-hybridized carbons (Fsp3) is 0.235. The third-order valence-electron chi connectivity index (χ3n) is 3.14. The molecule has 0 aliphatic carbocycles. The van der Waals surface area contributed by atoms with E-state index in [2.05, 4.69) is 5.32 Å². The Bertz CT molecular complexity index is 578. The Morgan fingerprint density at radius 3 is 2.55 bits per heavy atom. The molecule has 1 N–H and O–H groups in total. The SMILES string of the molecule is Cc1ccc(CNC(=O)CCc2cccc(F)c2)cc1. The van der Waals surface area contributed by atoms with Crippen LogP contribution < -0.4 is 5.32 Å². The Hall–Kier alpha value is -2.16. The molecule has 2 aromatic rings. The van der Waals surface area contributed by atoms with E-state index in [-0.39, 0.29) is 11.7 Å². The lowest BCUT2D eigenvalue weighted by atomic mass is 10.1. The highest BCUT2D eigenvalue weighted by Gasteiger charge is 2.03. The van der Waals surface area contributed by atoms with Gasteiger partial charge in [-0.05, 0) is 36.6 Å². The van der Waals surface area contributed by atoms with Gasteiger partial charge in [-0.2, -0.15) is 0 Å². The lowest BCUT2D eigenvalue weighted by Crippen LogP contribution is -2.22. The van der Waals surface area contributed by atoms with E-state index in [1.54, 1.807) is 6.07 Å². The van der Waals surface area contributed by atoms with Gasteiger partial charge in [0.05, 0.1) is 0 Å². The van der Waals surface area contributed by atoms with Crippen molar-refractivity contribution in [2.75, 3.05) is 0 Å². The van der Waals surface area contributed by atoms with E-state index >= 15 is 0 Å². The molecule has 0 aromatic heterocycles. The Morgan fingerprint density at radius 2 is 1.85 bits per heavy atom. The first-order valence-electron chi connectivity index (χ1n) is 6.70. The van der Waals surface area contributed by atoms with Crippen LogP contribution in [0, 0.1) is 12.7 Å². The summed E-state index contributed by atoms with van der Waals surface area (Å²) in [6, 6.07) is 14.4. The second kappa shape index (κ2) is 6.85. The number of carbonyl (C=O) groups is 1. The lowest BCUT2D eigenvalue weighted by Gasteiger charge is -2.06. The standard InChI is InChI=1S/C17H18FNO/c1-13-5-7-15(8-6-13)12-19-17(20)10-9-14-3-2-4-16(18)11-14/h2-8,11H,9-10,12H2,1H3,(H,19,20). The Balaban J connectivity index is 1.77. The number of benzene rings is 2. The molecule has 2 aromatic carbocycles. The van der Waals surface area contributed by atoms with Crippen LogP contribution >= 0.6 is 0 Å². The number of hydrogen-bond donors (Lipinski definition) is 1. The molecular formula is C17H18FNO. The summed E-state index contributed by atoms with van der Waals surface area (Å²) in [5, 5.41) is 2.87. The first kappa shape index (κ1) is 14.3. The summed E-state index contributed by atoms with van der Waals surface area (Å²) in [7, 11) is 0. The summed E-state index contributed by atoms with van der Waals surface area (Å²) in [5.41, 5.74) is 3.12. The van der Waals surface area contributed by atoms with Crippen LogP contribution in [-0.2, 0) is 17.8 Å². The summed E-state index contributed by atoms with van der Waals surface area (Å²) in [5.74, 6) is -0.280. The van der Waals surface area contributed by atoms with Gasteiger partial charge in [-0.3, -0.25) is 4.79 Å². The minimum Gasteiger partial charge on any atom is -0.352 e. The molecule has 0 fully saturated rings. The van der Waals surface area contributed by atoms with Crippen molar-refractivity contribution in [2.45, 2.75) is 26.3 Å². The Labute approximate surface area is 118 Å². The van der Waals surface area contributed by atoms with Gasteiger partial charge in [0.15, 0.2) is 0 Å². The van der Waals surface area contributed by atoms with E-state index in [4.69, 9.17) is 0 Å².